The third-order valence-corrected chi connectivity index (χ3v) is 4.63. The van der Waals surface area contributed by atoms with Gasteiger partial charge in [-0.05, 0) is 48.0 Å². The molecule has 0 heterocycles. The fraction of sp³-hybridized carbons (Fsp3) is 0.143. The molecule has 0 saturated heterocycles. The molecular weight excluding hydrogens is 385 g/mol. The van der Waals surface area contributed by atoms with Gasteiger partial charge in [-0.2, -0.15) is 0 Å². The first-order valence-corrected chi connectivity index (χ1v) is 9.08. The summed E-state index contributed by atoms with van der Waals surface area (Å²) < 4.78 is 11.3. The van der Waals surface area contributed by atoms with Gasteiger partial charge in [-0.1, -0.05) is 41.4 Å². The Morgan fingerprint density at radius 2 is 1.70 bits per heavy atom. The highest BCUT2D eigenvalue weighted by Crippen LogP contribution is 2.37. The van der Waals surface area contributed by atoms with Crippen LogP contribution in [0.25, 0.3) is 0 Å². The minimum atomic E-state index is 0.227. The van der Waals surface area contributed by atoms with E-state index in [4.69, 9.17) is 32.7 Å². The zero-order chi connectivity index (χ0) is 19.2. The predicted octanol–water partition coefficient (Wildman–Crippen LogP) is 5.90. The van der Waals surface area contributed by atoms with Gasteiger partial charge in [0.15, 0.2) is 11.5 Å². The number of nitrogens with one attached hydrogen (secondary N) is 1. The number of phenolic OH excluding ortho intramolecular Hbond substituents is 1. The molecule has 0 fully saturated rings. The van der Waals surface area contributed by atoms with Crippen LogP contribution in [0.1, 0.15) is 11.1 Å². The third kappa shape index (κ3) is 5.00. The van der Waals surface area contributed by atoms with Crippen molar-refractivity contribution in [2.24, 2.45) is 0 Å². The lowest BCUT2D eigenvalue weighted by Gasteiger charge is -2.15. The normalized spacial score (nSPS) is 10.5. The molecule has 3 rings (SSSR count). The molecule has 3 aromatic rings. The van der Waals surface area contributed by atoms with Crippen molar-refractivity contribution in [2.75, 3.05) is 12.4 Å². The minimum absolute atomic E-state index is 0.227. The number of phenols is 1. The first kappa shape index (κ1) is 19.2. The number of anilines is 1. The van der Waals surface area contributed by atoms with Crippen LogP contribution < -0.4 is 14.8 Å². The van der Waals surface area contributed by atoms with Crippen molar-refractivity contribution in [1.82, 2.24) is 0 Å². The van der Waals surface area contributed by atoms with Gasteiger partial charge in [-0.25, -0.2) is 0 Å². The summed E-state index contributed by atoms with van der Waals surface area (Å²) in [6.45, 7) is 0.840. The van der Waals surface area contributed by atoms with E-state index in [1.165, 1.54) is 0 Å². The minimum Gasteiger partial charge on any atom is -0.508 e. The Kier molecular flexibility index (Phi) is 6.32. The maximum atomic E-state index is 9.34. The molecule has 0 unspecified atom stereocenters. The number of hydrogen-bond donors (Lipinski definition) is 2. The van der Waals surface area contributed by atoms with Gasteiger partial charge in [0.1, 0.15) is 12.4 Å². The van der Waals surface area contributed by atoms with E-state index >= 15 is 0 Å². The van der Waals surface area contributed by atoms with Crippen LogP contribution in [0.2, 0.25) is 10.0 Å². The molecule has 140 valence electrons. The Bertz CT molecular complexity index is 914. The average Bonchev–Trinajstić information content (AvgIpc) is 2.67. The number of ether oxygens (including phenoxy) is 2. The van der Waals surface area contributed by atoms with Gasteiger partial charge < -0.3 is 19.9 Å². The highest BCUT2D eigenvalue weighted by molar-refractivity contribution is 6.32. The quantitative estimate of drug-likeness (QED) is 0.482. The first-order chi connectivity index (χ1) is 13.1. The first-order valence-electron chi connectivity index (χ1n) is 8.32. The van der Waals surface area contributed by atoms with E-state index in [2.05, 4.69) is 5.32 Å². The summed E-state index contributed by atoms with van der Waals surface area (Å²) in [4.78, 5) is 0. The van der Waals surface area contributed by atoms with Crippen molar-refractivity contribution in [3.63, 3.8) is 0 Å². The van der Waals surface area contributed by atoms with Gasteiger partial charge in [0.25, 0.3) is 0 Å². The number of methoxy groups -OCH3 is 1. The van der Waals surface area contributed by atoms with Crippen LogP contribution in [0.3, 0.4) is 0 Å². The number of aromatic hydroxyl groups is 1. The van der Waals surface area contributed by atoms with E-state index in [-0.39, 0.29) is 5.75 Å². The topological polar surface area (TPSA) is 50.7 Å². The summed E-state index contributed by atoms with van der Waals surface area (Å²) in [5.74, 6) is 1.26. The molecule has 0 atom stereocenters. The Balaban J connectivity index is 1.72. The van der Waals surface area contributed by atoms with Crippen LogP contribution in [0, 0.1) is 0 Å². The molecule has 2 N–H and O–H groups in total. The molecule has 0 saturated carbocycles. The highest BCUT2D eigenvalue weighted by Gasteiger charge is 2.13. The molecule has 0 amide bonds. The number of rotatable bonds is 7. The molecule has 27 heavy (non-hydrogen) atoms. The van der Waals surface area contributed by atoms with Gasteiger partial charge in [-0.15, -0.1) is 0 Å². The van der Waals surface area contributed by atoms with Crippen LogP contribution >= 0.6 is 23.2 Å². The second kappa shape index (κ2) is 8.89. The van der Waals surface area contributed by atoms with E-state index in [0.29, 0.717) is 34.7 Å². The van der Waals surface area contributed by atoms with E-state index in [1.54, 1.807) is 31.4 Å². The summed E-state index contributed by atoms with van der Waals surface area (Å²) in [5.41, 5.74) is 2.70. The maximum Gasteiger partial charge on any atom is 0.180 e. The lowest BCUT2D eigenvalue weighted by atomic mass is 10.2. The molecule has 4 nitrogen and oxygen atoms in total. The molecule has 0 aliphatic rings. The maximum absolute atomic E-state index is 9.34. The van der Waals surface area contributed by atoms with Crippen molar-refractivity contribution in [3.05, 3.63) is 81.8 Å². The second-order valence-corrected chi connectivity index (χ2v) is 6.70. The van der Waals surface area contributed by atoms with E-state index in [0.717, 1.165) is 16.8 Å². The monoisotopic (exact) mass is 403 g/mol. The average molecular weight is 404 g/mol. The number of hydrogen-bond acceptors (Lipinski definition) is 4. The van der Waals surface area contributed by atoms with Crippen molar-refractivity contribution in [1.29, 1.82) is 0 Å². The third-order valence-electron chi connectivity index (χ3n) is 3.98. The lowest BCUT2D eigenvalue weighted by Crippen LogP contribution is -2.03. The van der Waals surface area contributed by atoms with Crippen LogP contribution in [0.15, 0.2) is 60.7 Å². The Labute approximate surface area is 168 Å². The van der Waals surface area contributed by atoms with Gasteiger partial charge in [-0.3, -0.25) is 0 Å². The molecule has 3 aromatic carbocycles. The summed E-state index contributed by atoms with van der Waals surface area (Å²) >= 11 is 12.6. The lowest BCUT2D eigenvalue weighted by molar-refractivity contribution is 0.284. The molecule has 0 aliphatic heterocycles. The van der Waals surface area contributed by atoms with E-state index < -0.39 is 0 Å². The van der Waals surface area contributed by atoms with Gasteiger partial charge >= 0.3 is 0 Å². The second-order valence-electron chi connectivity index (χ2n) is 5.89. The van der Waals surface area contributed by atoms with Crippen LogP contribution in [0.4, 0.5) is 5.69 Å². The fourth-order valence-corrected chi connectivity index (χ4v) is 3.04. The predicted molar refractivity (Wildman–Crippen MR) is 109 cm³/mol. The van der Waals surface area contributed by atoms with Crippen LogP contribution in [-0.2, 0) is 13.2 Å². The Morgan fingerprint density at radius 1 is 0.963 bits per heavy atom. The van der Waals surface area contributed by atoms with E-state index in [1.807, 2.05) is 36.4 Å². The number of halogens is 2. The summed E-state index contributed by atoms with van der Waals surface area (Å²) in [6, 6.07) is 18.1. The SMILES string of the molecule is COc1cc(CNc2ccc(O)cc2)cc(Cl)c1OCc1ccccc1Cl. The summed E-state index contributed by atoms with van der Waals surface area (Å²) in [5, 5.41) is 13.7. The standard InChI is InChI=1S/C21H19Cl2NO3/c1-26-20-11-14(12-24-16-6-8-17(25)9-7-16)10-19(23)21(20)27-13-15-4-2-3-5-18(15)22/h2-11,24-25H,12-13H2,1H3. The summed E-state index contributed by atoms with van der Waals surface area (Å²) in [6.07, 6.45) is 0. The number of benzene rings is 3. The van der Waals surface area contributed by atoms with Crippen molar-refractivity contribution < 1.29 is 14.6 Å². The highest BCUT2D eigenvalue weighted by atomic mass is 35.5. The Hall–Kier alpha value is -2.56. The summed E-state index contributed by atoms with van der Waals surface area (Å²) in [7, 11) is 1.57. The van der Waals surface area contributed by atoms with Crippen LogP contribution in [-0.4, -0.2) is 12.2 Å². The zero-order valence-electron chi connectivity index (χ0n) is 14.7. The van der Waals surface area contributed by atoms with Crippen molar-refractivity contribution >= 4 is 28.9 Å². The molecule has 0 aliphatic carbocycles. The molecule has 0 aromatic heterocycles. The molecule has 0 radical (unpaired) electrons. The Morgan fingerprint density at radius 3 is 2.41 bits per heavy atom. The molecule has 0 bridgehead atoms. The van der Waals surface area contributed by atoms with Crippen molar-refractivity contribution in [2.45, 2.75) is 13.2 Å². The van der Waals surface area contributed by atoms with Gasteiger partial charge in [0, 0.05) is 22.8 Å². The van der Waals surface area contributed by atoms with Gasteiger partial charge in [0.2, 0.25) is 0 Å². The van der Waals surface area contributed by atoms with Gasteiger partial charge in [0.05, 0.1) is 12.1 Å². The molecule has 0 spiro atoms. The molecular formula is C21H19Cl2NO3. The van der Waals surface area contributed by atoms with Crippen LogP contribution in [0.5, 0.6) is 17.2 Å². The zero-order valence-corrected chi connectivity index (χ0v) is 16.2. The largest absolute Gasteiger partial charge is 0.508 e. The fourth-order valence-electron chi connectivity index (χ4n) is 2.56. The van der Waals surface area contributed by atoms with Crippen molar-refractivity contribution in [3.8, 4) is 17.2 Å². The molecule has 6 heteroatoms. The smallest absolute Gasteiger partial charge is 0.180 e. The van der Waals surface area contributed by atoms with E-state index in [9.17, 15) is 5.11 Å².